The van der Waals surface area contributed by atoms with Crippen LogP contribution in [0.15, 0.2) is 53.8 Å². The first kappa shape index (κ1) is 8.32. The average molecular weight is 186 g/mol. The van der Waals surface area contributed by atoms with Crippen molar-refractivity contribution in [2.24, 2.45) is 0 Å². The molecule has 0 aromatic heterocycles. The molecule has 1 aromatic rings. The molecular formula is C11H10OSi. The summed E-state index contributed by atoms with van der Waals surface area (Å²) >= 11 is 0. The van der Waals surface area contributed by atoms with Crippen molar-refractivity contribution < 1.29 is 4.43 Å². The van der Waals surface area contributed by atoms with Gasteiger partial charge in [-0.1, -0.05) is 36.4 Å². The summed E-state index contributed by atoms with van der Waals surface area (Å²) in [6, 6.07) is 9.93. The molecule has 13 heavy (non-hydrogen) atoms. The van der Waals surface area contributed by atoms with Crippen LogP contribution in [-0.4, -0.2) is 9.76 Å². The molecule has 0 spiro atoms. The number of para-hydroxylation sites is 1. The molecule has 0 amide bonds. The molecule has 64 valence electrons. The Morgan fingerprint density at radius 3 is 2.69 bits per heavy atom. The Bertz CT molecular complexity index is 327. The number of hydrogen-bond donors (Lipinski definition) is 0. The minimum Gasteiger partial charge on any atom is -0.536 e. The lowest BCUT2D eigenvalue weighted by molar-refractivity contribution is 0.600. The molecule has 0 saturated heterocycles. The largest absolute Gasteiger partial charge is 0.536 e. The lowest BCUT2D eigenvalue weighted by Crippen LogP contribution is -2.04. The Labute approximate surface area is 80.7 Å². The fourth-order valence-electron chi connectivity index (χ4n) is 1.14. The van der Waals surface area contributed by atoms with Crippen molar-refractivity contribution >= 4 is 9.76 Å². The summed E-state index contributed by atoms with van der Waals surface area (Å²) in [4.78, 5) is 0. The van der Waals surface area contributed by atoms with Crippen LogP contribution in [0.4, 0.5) is 0 Å². The highest BCUT2D eigenvalue weighted by Gasteiger charge is 2.03. The van der Waals surface area contributed by atoms with Gasteiger partial charge in [0, 0.05) is 0 Å². The lowest BCUT2D eigenvalue weighted by Gasteiger charge is -2.03. The first-order chi connectivity index (χ1) is 6.45. The van der Waals surface area contributed by atoms with Crippen LogP contribution >= 0.6 is 0 Å². The third-order valence-corrected chi connectivity index (χ3v) is 2.79. The summed E-state index contributed by atoms with van der Waals surface area (Å²) in [6.45, 7) is 0. The third kappa shape index (κ3) is 2.32. The summed E-state index contributed by atoms with van der Waals surface area (Å²) in [6.07, 6.45) is 7.40. The second kappa shape index (κ2) is 4.10. The van der Waals surface area contributed by atoms with Crippen molar-refractivity contribution in [1.82, 2.24) is 0 Å². The predicted molar refractivity (Wildman–Crippen MR) is 54.7 cm³/mol. The lowest BCUT2D eigenvalue weighted by atomic mass is 10.3. The third-order valence-electron chi connectivity index (χ3n) is 1.81. The van der Waals surface area contributed by atoms with Crippen molar-refractivity contribution in [1.29, 1.82) is 0 Å². The Balaban J connectivity index is 1.87. The first-order valence-electron chi connectivity index (χ1n) is 4.29. The van der Waals surface area contributed by atoms with Gasteiger partial charge >= 0.3 is 9.76 Å². The van der Waals surface area contributed by atoms with Crippen LogP contribution in [-0.2, 0) is 0 Å². The van der Waals surface area contributed by atoms with E-state index in [4.69, 9.17) is 4.43 Å². The highest BCUT2D eigenvalue weighted by Crippen LogP contribution is 2.12. The maximum absolute atomic E-state index is 5.61. The van der Waals surface area contributed by atoms with Crippen molar-refractivity contribution in [3.8, 4) is 5.75 Å². The SMILES string of the molecule is C1=CCC([Si]Oc2ccccc2)=C1. The average Bonchev–Trinajstić information content (AvgIpc) is 2.69. The second-order valence-corrected chi connectivity index (χ2v) is 3.89. The molecule has 0 atom stereocenters. The normalized spacial score (nSPS) is 14.3. The van der Waals surface area contributed by atoms with Gasteiger partial charge in [0.15, 0.2) is 0 Å². The van der Waals surface area contributed by atoms with Gasteiger partial charge in [0.25, 0.3) is 0 Å². The summed E-state index contributed by atoms with van der Waals surface area (Å²) in [5.74, 6) is 0.952. The fraction of sp³-hybridized carbons (Fsp3) is 0.0909. The van der Waals surface area contributed by atoms with Crippen LogP contribution in [0.5, 0.6) is 5.75 Å². The van der Waals surface area contributed by atoms with Crippen LogP contribution in [0.25, 0.3) is 0 Å². The molecule has 2 radical (unpaired) electrons. The number of hydrogen-bond acceptors (Lipinski definition) is 1. The molecule has 0 fully saturated rings. The number of allylic oxidation sites excluding steroid dienone is 4. The van der Waals surface area contributed by atoms with Gasteiger partial charge in [0.05, 0.1) is 0 Å². The summed E-state index contributed by atoms with van der Waals surface area (Å²) < 4.78 is 5.61. The Hall–Kier alpha value is -1.28. The molecule has 2 rings (SSSR count). The highest BCUT2D eigenvalue weighted by molar-refractivity contribution is 6.39. The van der Waals surface area contributed by atoms with Gasteiger partial charge < -0.3 is 4.43 Å². The van der Waals surface area contributed by atoms with Crippen molar-refractivity contribution in [3.63, 3.8) is 0 Å². The molecule has 1 nitrogen and oxygen atoms in total. The minimum atomic E-state index is 0.462. The molecular weight excluding hydrogens is 176 g/mol. The topological polar surface area (TPSA) is 9.23 Å². The summed E-state index contributed by atoms with van der Waals surface area (Å²) in [7, 11) is 0.462. The Kier molecular flexibility index (Phi) is 2.62. The van der Waals surface area contributed by atoms with Gasteiger partial charge in [-0.25, -0.2) is 0 Å². The number of benzene rings is 1. The van der Waals surface area contributed by atoms with Crippen LogP contribution in [0.2, 0.25) is 0 Å². The quantitative estimate of drug-likeness (QED) is 0.659. The molecule has 1 aliphatic rings. The van der Waals surface area contributed by atoms with Crippen LogP contribution < -0.4 is 4.43 Å². The van der Waals surface area contributed by atoms with E-state index in [-0.39, 0.29) is 0 Å². The fourth-order valence-corrected chi connectivity index (χ4v) is 1.89. The monoisotopic (exact) mass is 186 g/mol. The van der Waals surface area contributed by atoms with E-state index in [9.17, 15) is 0 Å². The molecule has 0 heterocycles. The standard InChI is InChI=1S/C11H10OSi/c1-2-6-10(7-3-1)12-13-11-8-4-5-9-11/h1-8H,9H2. The number of rotatable bonds is 3. The zero-order valence-electron chi connectivity index (χ0n) is 7.23. The van der Waals surface area contributed by atoms with Crippen LogP contribution in [0.1, 0.15) is 6.42 Å². The summed E-state index contributed by atoms with van der Waals surface area (Å²) in [5, 5.41) is 1.36. The van der Waals surface area contributed by atoms with Crippen LogP contribution in [0.3, 0.4) is 0 Å². The van der Waals surface area contributed by atoms with Crippen molar-refractivity contribution in [2.75, 3.05) is 0 Å². The summed E-state index contributed by atoms with van der Waals surface area (Å²) in [5.41, 5.74) is 0. The van der Waals surface area contributed by atoms with Gasteiger partial charge in [0.1, 0.15) is 5.75 Å². The van der Waals surface area contributed by atoms with Gasteiger partial charge in [-0.2, -0.15) is 0 Å². The van der Waals surface area contributed by atoms with Gasteiger partial charge in [-0.3, -0.25) is 0 Å². The zero-order chi connectivity index (χ0) is 8.93. The van der Waals surface area contributed by atoms with E-state index in [0.717, 1.165) is 12.2 Å². The van der Waals surface area contributed by atoms with E-state index in [1.807, 2.05) is 30.3 Å². The van der Waals surface area contributed by atoms with Gasteiger partial charge in [-0.05, 0) is 23.7 Å². The molecule has 0 saturated carbocycles. The van der Waals surface area contributed by atoms with Crippen molar-refractivity contribution in [2.45, 2.75) is 6.42 Å². The van der Waals surface area contributed by atoms with Crippen molar-refractivity contribution in [3.05, 3.63) is 53.8 Å². The molecule has 1 aliphatic carbocycles. The first-order valence-corrected chi connectivity index (χ1v) is 5.19. The molecule has 0 bridgehead atoms. The second-order valence-electron chi connectivity index (χ2n) is 2.84. The smallest absolute Gasteiger partial charge is 0.347 e. The molecule has 2 heteroatoms. The van der Waals surface area contributed by atoms with Gasteiger partial charge in [0.2, 0.25) is 0 Å². The minimum absolute atomic E-state index is 0.462. The molecule has 0 unspecified atom stereocenters. The Morgan fingerprint density at radius 1 is 1.15 bits per heavy atom. The Morgan fingerprint density at radius 2 is 2.00 bits per heavy atom. The zero-order valence-corrected chi connectivity index (χ0v) is 8.23. The van der Waals surface area contributed by atoms with E-state index < -0.39 is 0 Å². The predicted octanol–water partition coefficient (Wildman–Crippen LogP) is 2.53. The van der Waals surface area contributed by atoms with Gasteiger partial charge in [-0.15, -0.1) is 0 Å². The molecule has 1 aromatic carbocycles. The molecule has 0 aliphatic heterocycles. The van der Waals surface area contributed by atoms with E-state index in [1.54, 1.807) is 0 Å². The van der Waals surface area contributed by atoms with Crippen LogP contribution in [0, 0.1) is 0 Å². The van der Waals surface area contributed by atoms with E-state index in [2.05, 4.69) is 18.2 Å². The van der Waals surface area contributed by atoms with E-state index in [0.29, 0.717) is 9.76 Å². The van der Waals surface area contributed by atoms with E-state index >= 15 is 0 Å². The maximum atomic E-state index is 5.61. The van der Waals surface area contributed by atoms with E-state index in [1.165, 1.54) is 5.20 Å². The highest BCUT2D eigenvalue weighted by atomic mass is 28.2. The maximum Gasteiger partial charge on any atom is 0.347 e. The molecule has 0 N–H and O–H groups in total.